The second kappa shape index (κ2) is 9.15. The molecule has 1 N–H and O–H groups in total. The first-order valence-corrected chi connectivity index (χ1v) is 8.27. The van der Waals surface area contributed by atoms with Crippen LogP contribution in [0.5, 0.6) is 0 Å². The number of carbonyl (C=O) groups is 1. The van der Waals surface area contributed by atoms with Crippen LogP contribution in [-0.4, -0.2) is 65.6 Å². The highest BCUT2D eigenvalue weighted by molar-refractivity contribution is 6.30. The number of piperazine rings is 1. The van der Waals surface area contributed by atoms with Gasteiger partial charge in [0, 0.05) is 36.8 Å². The third kappa shape index (κ3) is 5.15. The summed E-state index contributed by atoms with van der Waals surface area (Å²) in [4.78, 5) is 20.4. The van der Waals surface area contributed by atoms with E-state index in [9.17, 15) is 4.79 Å². The largest absolute Gasteiger partial charge is 0.339 e. The van der Waals surface area contributed by atoms with E-state index in [1.165, 1.54) is 0 Å². The molecule has 0 spiro atoms. The zero-order valence-corrected chi connectivity index (χ0v) is 15.5. The van der Waals surface area contributed by atoms with Crippen molar-refractivity contribution in [1.82, 2.24) is 25.3 Å². The van der Waals surface area contributed by atoms with Crippen molar-refractivity contribution in [2.45, 2.75) is 6.54 Å². The molecule has 0 bridgehead atoms. The second-order valence-corrected chi connectivity index (χ2v) is 6.14. The monoisotopic (exact) mass is 385 g/mol. The van der Waals surface area contributed by atoms with E-state index in [1.54, 1.807) is 19.2 Å². The fourth-order valence-corrected chi connectivity index (χ4v) is 2.77. The Kier molecular flexibility index (Phi) is 7.19. The average molecular weight is 386 g/mol. The fraction of sp³-hybridized carbons (Fsp3) is 0.438. The van der Waals surface area contributed by atoms with Gasteiger partial charge in [-0.2, -0.15) is 4.98 Å². The molecule has 3 rings (SSSR count). The number of likely N-dealkylation sites (N-methyl/N-ethyl adjacent to an activating group) is 1. The van der Waals surface area contributed by atoms with Crippen LogP contribution in [0.2, 0.25) is 5.02 Å². The molecular formula is C16H21Cl2N5O2. The Hall–Kier alpha value is -1.67. The number of benzene rings is 1. The summed E-state index contributed by atoms with van der Waals surface area (Å²) in [7, 11) is 1.78. The summed E-state index contributed by atoms with van der Waals surface area (Å²) in [5, 5.41) is 7.59. The van der Waals surface area contributed by atoms with Gasteiger partial charge in [-0.3, -0.25) is 9.69 Å². The fourth-order valence-electron chi connectivity index (χ4n) is 2.65. The molecule has 1 amide bonds. The lowest BCUT2D eigenvalue weighted by Gasteiger charge is -2.33. The smallest absolute Gasteiger partial charge is 0.241 e. The van der Waals surface area contributed by atoms with Crippen LogP contribution in [-0.2, 0) is 11.3 Å². The number of hydrogen-bond acceptors (Lipinski definition) is 6. The first-order chi connectivity index (χ1) is 11.7. The molecule has 7 nitrogen and oxygen atoms in total. The van der Waals surface area contributed by atoms with E-state index < -0.39 is 0 Å². The third-order valence-corrected chi connectivity index (χ3v) is 4.23. The van der Waals surface area contributed by atoms with Crippen molar-refractivity contribution in [1.29, 1.82) is 0 Å². The summed E-state index contributed by atoms with van der Waals surface area (Å²) in [5.74, 6) is 1.28. The summed E-state index contributed by atoms with van der Waals surface area (Å²) in [6.07, 6.45) is 0. The van der Waals surface area contributed by atoms with Crippen LogP contribution >= 0.6 is 24.0 Å². The van der Waals surface area contributed by atoms with Gasteiger partial charge in [0.15, 0.2) is 0 Å². The molecule has 1 aromatic carbocycles. The number of hydrogen-bond donors (Lipinski definition) is 1. The molecule has 1 saturated heterocycles. The molecule has 0 aliphatic carbocycles. The van der Waals surface area contributed by atoms with Crippen LogP contribution in [0, 0.1) is 0 Å². The zero-order chi connectivity index (χ0) is 16.9. The highest BCUT2D eigenvalue weighted by atomic mass is 35.5. The van der Waals surface area contributed by atoms with E-state index in [4.69, 9.17) is 16.1 Å². The van der Waals surface area contributed by atoms with Crippen molar-refractivity contribution in [3.63, 3.8) is 0 Å². The van der Waals surface area contributed by atoms with E-state index in [2.05, 4.69) is 20.4 Å². The maximum atomic E-state index is 11.8. The van der Waals surface area contributed by atoms with Gasteiger partial charge in [0.1, 0.15) is 0 Å². The quantitative estimate of drug-likeness (QED) is 0.843. The average Bonchev–Trinajstić information content (AvgIpc) is 3.05. The molecule has 136 valence electrons. The minimum Gasteiger partial charge on any atom is -0.339 e. The molecule has 2 heterocycles. The van der Waals surface area contributed by atoms with E-state index in [0.29, 0.717) is 29.8 Å². The molecule has 0 unspecified atom stereocenters. The Morgan fingerprint density at radius 2 is 1.92 bits per heavy atom. The molecule has 25 heavy (non-hydrogen) atoms. The van der Waals surface area contributed by atoms with Crippen LogP contribution in [0.4, 0.5) is 0 Å². The SMILES string of the molecule is CNCC(=O)N1CCN(Cc2nc(-c3ccc(Cl)cc3)no2)CC1.Cl. The molecule has 2 aromatic rings. The Balaban J connectivity index is 0.00000225. The summed E-state index contributed by atoms with van der Waals surface area (Å²) >= 11 is 5.88. The van der Waals surface area contributed by atoms with Crippen molar-refractivity contribution >= 4 is 29.9 Å². The van der Waals surface area contributed by atoms with Crippen LogP contribution in [0.1, 0.15) is 5.89 Å². The van der Waals surface area contributed by atoms with Crippen molar-refractivity contribution in [2.24, 2.45) is 0 Å². The van der Waals surface area contributed by atoms with Crippen molar-refractivity contribution < 1.29 is 9.32 Å². The lowest BCUT2D eigenvalue weighted by atomic mass is 10.2. The van der Waals surface area contributed by atoms with Crippen LogP contribution < -0.4 is 5.32 Å². The number of rotatable bonds is 5. The minimum absolute atomic E-state index is 0. The molecular weight excluding hydrogens is 365 g/mol. The lowest BCUT2D eigenvalue weighted by Crippen LogP contribution is -2.50. The van der Waals surface area contributed by atoms with Gasteiger partial charge in [0.25, 0.3) is 0 Å². The summed E-state index contributed by atoms with van der Waals surface area (Å²) < 4.78 is 5.34. The molecule has 0 radical (unpaired) electrons. The van der Waals surface area contributed by atoms with Gasteiger partial charge in [0.05, 0.1) is 13.1 Å². The van der Waals surface area contributed by atoms with Crippen molar-refractivity contribution in [3.8, 4) is 11.4 Å². The molecule has 0 atom stereocenters. The first-order valence-electron chi connectivity index (χ1n) is 7.89. The van der Waals surface area contributed by atoms with Gasteiger partial charge < -0.3 is 14.7 Å². The molecule has 1 fully saturated rings. The Bertz CT molecular complexity index is 684. The molecule has 1 aromatic heterocycles. The lowest BCUT2D eigenvalue weighted by molar-refractivity contribution is -0.131. The van der Waals surface area contributed by atoms with Crippen LogP contribution in [0.3, 0.4) is 0 Å². The van der Waals surface area contributed by atoms with Crippen LogP contribution in [0.15, 0.2) is 28.8 Å². The molecule has 1 aliphatic heterocycles. The number of amides is 1. The number of carbonyl (C=O) groups excluding carboxylic acids is 1. The number of nitrogens with zero attached hydrogens (tertiary/aromatic N) is 4. The second-order valence-electron chi connectivity index (χ2n) is 5.71. The highest BCUT2D eigenvalue weighted by Crippen LogP contribution is 2.19. The Labute approximate surface area is 157 Å². The van der Waals surface area contributed by atoms with E-state index in [-0.39, 0.29) is 18.3 Å². The van der Waals surface area contributed by atoms with Gasteiger partial charge in [0.2, 0.25) is 17.6 Å². The Morgan fingerprint density at radius 3 is 2.56 bits per heavy atom. The normalized spacial score (nSPS) is 15.0. The third-order valence-electron chi connectivity index (χ3n) is 3.98. The Morgan fingerprint density at radius 1 is 1.24 bits per heavy atom. The van der Waals surface area contributed by atoms with Gasteiger partial charge in [-0.15, -0.1) is 12.4 Å². The minimum atomic E-state index is 0. The highest BCUT2D eigenvalue weighted by Gasteiger charge is 2.22. The van der Waals surface area contributed by atoms with Gasteiger partial charge in [-0.25, -0.2) is 0 Å². The first kappa shape index (κ1) is 19.7. The predicted octanol–water partition coefficient (Wildman–Crippen LogP) is 1.68. The van der Waals surface area contributed by atoms with Gasteiger partial charge >= 0.3 is 0 Å². The standard InChI is InChI=1S/C16H20ClN5O2.ClH/c1-18-10-15(23)22-8-6-21(7-9-22)11-14-19-16(20-24-14)12-2-4-13(17)5-3-12;/h2-5,18H,6-11H2,1H3;1H. The maximum absolute atomic E-state index is 11.8. The van der Waals surface area contributed by atoms with Gasteiger partial charge in [-0.05, 0) is 31.3 Å². The predicted molar refractivity (Wildman–Crippen MR) is 97.8 cm³/mol. The number of nitrogens with one attached hydrogen (secondary N) is 1. The molecule has 9 heteroatoms. The van der Waals surface area contributed by atoms with E-state index in [0.717, 1.165) is 31.7 Å². The van der Waals surface area contributed by atoms with Crippen molar-refractivity contribution in [2.75, 3.05) is 39.8 Å². The zero-order valence-electron chi connectivity index (χ0n) is 13.9. The summed E-state index contributed by atoms with van der Waals surface area (Å²) in [6.45, 7) is 4.02. The molecule has 1 aliphatic rings. The van der Waals surface area contributed by atoms with E-state index in [1.807, 2.05) is 17.0 Å². The number of aromatic nitrogens is 2. The summed E-state index contributed by atoms with van der Waals surface area (Å²) in [6, 6.07) is 7.33. The van der Waals surface area contributed by atoms with Crippen LogP contribution in [0.25, 0.3) is 11.4 Å². The van der Waals surface area contributed by atoms with E-state index >= 15 is 0 Å². The van der Waals surface area contributed by atoms with Gasteiger partial charge in [-0.1, -0.05) is 16.8 Å². The summed E-state index contributed by atoms with van der Waals surface area (Å²) in [5.41, 5.74) is 0.872. The number of halogens is 2. The topological polar surface area (TPSA) is 74.5 Å². The van der Waals surface area contributed by atoms with Crippen molar-refractivity contribution in [3.05, 3.63) is 35.2 Å². The molecule has 0 saturated carbocycles. The maximum Gasteiger partial charge on any atom is 0.241 e.